The summed E-state index contributed by atoms with van der Waals surface area (Å²) in [5.74, 6) is 1.51. The highest BCUT2D eigenvalue weighted by Gasteiger charge is 2.34. The zero-order chi connectivity index (χ0) is 16.8. The van der Waals surface area contributed by atoms with E-state index in [0.29, 0.717) is 5.95 Å². The Hall–Kier alpha value is -3.15. The van der Waals surface area contributed by atoms with Crippen molar-refractivity contribution < 1.29 is 4.74 Å². The second kappa shape index (κ2) is 5.44. The van der Waals surface area contributed by atoms with Crippen molar-refractivity contribution in [1.29, 1.82) is 0 Å². The number of methoxy groups -OCH3 is 1. The van der Waals surface area contributed by atoms with Gasteiger partial charge in [-0.2, -0.15) is 4.68 Å². The van der Waals surface area contributed by atoms with Crippen molar-refractivity contribution in [3.8, 4) is 5.75 Å². The predicted octanol–water partition coefficient (Wildman–Crippen LogP) is 3.05. The number of anilines is 1. The van der Waals surface area contributed by atoms with Crippen LogP contribution in [0.25, 0.3) is 5.70 Å². The van der Waals surface area contributed by atoms with Crippen molar-refractivity contribution >= 4 is 11.6 Å². The summed E-state index contributed by atoms with van der Waals surface area (Å²) in [6.07, 6.45) is 2.00. The van der Waals surface area contributed by atoms with Crippen LogP contribution >= 0.6 is 0 Å². The van der Waals surface area contributed by atoms with E-state index in [1.165, 1.54) is 16.7 Å². The summed E-state index contributed by atoms with van der Waals surface area (Å²) in [5, 5.41) is 15.7. The summed E-state index contributed by atoms with van der Waals surface area (Å²) in [4.78, 5) is 0. The first-order valence-corrected chi connectivity index (χ1v) is 8.35. The number of hydrogen-bond acceptors (Lipinski definition) is 5. The van der Waals surface area contributed by atoms with Crippen LogP contribution in [-0.4, -0.2) is 27.3 Å². The Labute approximate surface area is 145 Å². The first kappa shape index (κ1) is 14.2. The molecule has 0 saturated heterocycles. The van der Waals surface area contributed by atoms with Crippen molar-refractivity contribution in [2.75, 3.05) is 12.4 Å². The van der Waals surface area contributed by atoms with Gasteiger partial charge >= 0.3 is 0 Å². The van der Waals surface area contributed by atoms with Gasteiger partial charge in [0.05, 0.1) is 12.8 Å². The van der Waals surface area contributed by atoms with Gasteiger partial charge in [0.2, 0.25) is 5.95 Å². The monoisotopic (exact) mass is 331 g/mol. The van der Waals surface area contributed by atoms with Crippen LogP contribution in [0.5, 0.6) is 5.75 Å². The lowest BCUT2D eigenvalue weighted by molar-refractivity contribution is 0.413. The highest BCUT2D eigenvalue weighted by atomic mass is 16.5. The third kappa shape index (κ3) is 2.14. The molecule has 5 rings (SSSR count). The van der Waals surface area contributed by atoms with Crippen LogP contribution in [0.1, 0.15) is 29.2 Å². The summed E-state index contributed by atoms with van der Waals surface area (Å²) in [6, 6.07) is 16.6. The largest absolute Gasteiger partial charge is 0.497 e. The Morgan fingerprint density at radius 1 is 1.12 bits per heavy atom. The molecule has 0 bridgehead atoms. The van der Waals surface area contributed by atoms with Gasteiger partial charge in [-0.15, -0.1) is 0 Å². The van der Waals surface area contributed by atoms with Crippen LogP contribution in [0.4, 0.5) is 5.95 Å². The van der Waals surface area contributed by atoms with Crippen LogP contribution in [0, 0.1) is 0 Å². The topological polar surface area (TPSA) is 64.9 Å². The Kier molecular flexibility index (Phi) is 3.09. The molecule has 6 nitrogen and oxygen atoms in total. The molecule has 124 valence electrons. The van der Waals surface area contributed by atoms with Gasteiger partial charge < -0.3 is 10.1 Å². The molecular weight excluding hydrogens is 314 g/mol. The minimum Gasteiger partial charge on any atom is -0.497 e. The van der Waals surface area contributed by atoms with Gasteiger partial charge in [-0.25, -0.2) is 0 Å². The van der Waals surface area contributed by atoms with Crippen LogP contribution in [0.2, 0.25) is 0 Å². The fourth-order valence-corrected chi connectivity index (χ4v) is 3.83. The summed E-state index contributed by atoms with van der Waals surface area (Å²) < 4.78 is 7.28. The van der Waals surface area contributed by atoms with E-state index >= 15 is 0 Å². The molecule has 25 heavy (non-hydrogen) atoms. The van der Waals surface area contributed by atoms with Gasteiger partial charge in [0, 0.05) is 5.56 Å². The fourth-order valence-electron chi connectivity index (χ4n) is 3.83. The Morgan fingerprint density at radius 3 is 2.96 bits per heavy atom. The molecule has 1 N–H and O–H groups in total. The van der Waals surface area contributed by atoms with E-state index in [9.17, 15) is 0 Å². The number of nitrogens with zero attached hydrogens (tertiary/aromatic N) is 4. The molecular formula is C19H17N5O. The fraction of sp³-hybridized carbons (Fsp3) is 0.211. The molecule has 1 aliphatic heterocycles. The SMILES string of the molecule is COc1cccc(C2C3=C(Nc4nnnn42)c2ccccc2CC3)c1. The van der Waals surface area contributed by atoms with E-state index < -0.39 is 0 Å². The quantitative estimate of drug-likeness (QED) is 0.782. The van der Waals surface area contributed by atoms with Crippen LogP contribution in [-0.2, 0) is 6.42 Å². The van der Waals surface area contributed by atoms with Crippen LogP contribution in [0.3, 0.4) is 0 Å². The van der Waals surface area contributed by atoms with E-state index in [2.05, 4.69) is 57.2 Å². The maximum absolute atomic E-state index is 5.41. The lowest BCUT2D eigenvalue weighted by Gasteiger charge is -2.33. The number of ether oxygens (including phenoxy) is 1. The number of benzene rings is 2. The van der Waals surface area contributed by atoms with Crippen LogP contribution < -0.4 is 10.1 Å². The van der Waals surface area contributed by atoms with Gasteiger partial charge in [0.1, 0.15) is 11.8 Å². The zero-order valence-corrected chi connectivity index (χ0v) is 13.8. The van der Waals surface area contributed by atoms with Gasteiger partial charge in [-0.1, -0.05) is 41.5 Å². The minimum atomic E-state index is -0.0234. The van der Waals surface area contributed by atoms with Gasteiger partial charge in [0.15, 0.2) is 0 Å². The van der Waals surface area contributed by atoms with Crippen molar-refractivity contribution in [2.24, 2.45) is 0 Å². The van der Waals surface area contributed by atoms with Crippen molar-refractivity contribution in [1.82, 2.24) is 20.2 Å². The summed E-state index contributed by atoms with van der Waals surface area (Å²) >= 11 is 0. The van der Waals surface area contributed by atoms with E-state index in [4.69, 9.17) is 4.74 Å². The first-order chi connectivity index (χ1) is 12.3. The molecule has 1 aliphatic carbocycles. The number of hydrogen-bond donors (Lipinski definition) is 1. The smallest absolute Gasteiger partial charge is 0.248 e. The van der Waals surface area contributed by atoms with Crippen LogP contribution in [0.15, 0.2) is 54.1 Å². The molecule has 3 aromatic rings. The molecule has 0 saturated carbocycles. The summed E-state index contributed by atoms with van der Waals surface area (Å²) in [5.41, 5.74) is 6.18. The highest BCUT2D eigenvalue weighted by molar-refractivity contribution is 5.82. The Balaban J connectivity index is 1.72. The minimum absolute atomic E-state index is 0.0234. The second-order valence-electron chi connectivity index (χ2n) is 6.31. The molecule has 0 fully saturated rings. The third-order valence-electron chi connectivity index (χ3n) is 4.99. The molecule has 0 radical (unpaired) electrons. The number of nitrogens with one attached hydrogen (secondary N) is 1. The van der Waals surface area contributed by atoms with Gasteiger partial charge in [0.25, 0.3) is 0 Å². The number of allylic oxidation sites excluding steroid dienone is 1. The van der Waals surface area contributed by atoms with E-state index in [1.54, 1.807) is 7.11 Å². The van der Waals surface area contributed by atoms with Gasteiger partial charge in [-0.05, 0) is 52.1 Å². The van der Waals surface area contributed by atoms with Gasteiger partial charge in [-0.3, -0.25) is 0 Å². The molecule has 2 aromatic carbocycles. The normalized spacial score (nSPS) is 18.0. The lowest BCUT2D eigenvalue weighted by Crippen LogP contribution is -2.27. The van der Waals surface area contributed by atoms with Crippen molar-refractivity contribution in [3.63, 3.8) is 0 Å². The lowest BCUT2D eigenvalue weighted by atomic mass is 9.83. The maximum Gasteiger partial charge on any atom is 0.248 e. The number of rotatable bonds is 2. The molecule has 1 aromatic heterocycles. The molecule has 0 amide bonds. The van der Waals surface area contributed by atoms with E-state index in [0.717, 1.165) is 29.9 Å². The molecule has 2 aliphatic rings. The highest BCUT2D eigenvalue weighted by Crippen LogP contribution is 2.43. The first-order valence-electron chi connectivity index (χ1n) is 8.35. The maximum atomic E-state index is 5.41. The number of aryl methyl sites for hydroxylation is 1. The third-order valence-corrected chi connectivity index (χ3v) is 4.99. The predicted molar refractivity (Wildman–Crippen MR) is 94.3 cm³/mol. The number of aromatic nitrogens is 4. The second-order valence-corrected chi connectivity index (χ2v) is 6.31. The number of fused-ring (bicyclic) bond motifs is 3. The van der Waals surface area contributed by atoms with Crippen molar-refractivity contribution in [2.45, 2.75) is 18.9 Å². The zero-order valence-electron chi connectivity index (χ0n) is 13.8. The standard InChI is InChI=1S/C19H17N5O/c1-25-14-7-4-6-13(11-14)18-16-10-9-12-5-2-3-8-15(12)17(16)20-19-21-22-23-24(18)19/h2-8,11,18H,9-10H2,1H3,(H,20,21,23). The molecule has 1 atom stereocenters. The average Bonchev–Trinajstić information content (AvgIpc) is 3.14. The summed E-state index contributed by atoms with van der Waals surface area (Å²) in [7, 11) is 1.69. The van der Waals surface area contributed by atoms with Crippen molar-refractivity contribution in [3.05, 3.63) is 70.8 Å². The molecule has 1 unspecified atom stereocenters. The Morgan fingerprint density at radius 2 is 2.04 bits per heavy atom. The van der Waals surface area contributed by atoms with E-state index in [1.807, 2.05) is 16.8 Å². The van der Waals surface area contributed by atoms with E-state index in [-0.39, 0.29) is 6.04 Å². The molecule has 6 heteroatoms. The average molecular weight is 331 g/mol. The Bertz CT molecular complexity index is 991. The molecule has 0 spiro atoms. The molecule has 2 heterocycles. The number of tetrazole rings is 1. The summed E-state index contributed by atoms with van der Waals surface area (Å²) in [6.45, 7) is 0.